The fraction of sp³-hybridized carbons (Fsp3) is 0.368. The number of rotatable bonds is 10. The summed E-state index contributed by atoms with van der Waals surface area (Å²) in [6.45, 7) is 9.63. The molecule has 0 spiro atoms. The van der Waals surface area contributed by atoms with Crippen LogP contribution in [0.1, 0.15) is 17.3 Å². The highest BCUT2D eigenvalue weighted by Crippen LogP contribution is 2.38. The Labute approximate surface area is 154 Å². The third-order valence-corrected chi connectivity index (χ3v) is 3.66. The molecule has 0 aromatic heterocycles. The first-order valence-corrected chi connectivity index (χ1v) is 8.04. The topological polar surface area (TPSA) is 77.1 Å². The lowest BCUT2D eigenvalue weighted by atomic mass is 10.1. The van der Waals surface area contributed by atoms with Crippen LogP contribution in [0.2, 0.25) is 0 Å². The van der Waals surface area contributed by atoms with E-state index in [1.54, 1.807) is 24.0 Å². The van der Waals surface area contributed by atoms with Crippen molar-refractivity contribution in [2.45, 2.75) is 13.0 Å². The van der Waals surface area contributed by atoms with Gasteiger partial charge in [-0.05, 0) is 19.1 Å². The molecule has 26 heavy (non-hydrogen) atoms. The van der Waals surface area contributed by atoms with Crippen LogP contribution in [0.5, 0.6) is 17.2 Å². The number of carbonyl (C=O) groups is 2. The van der Waals surface area contributed by atoms with Crippen molar-refractivity contribution in [3.63, 3.8) is 0 Å². The maximum absolute atomic E-state index is 12.6. The Morgan fingerprint density at radius 1 is 1.08 bits per heavy atom. The quantitative estimate of drug-likeness (QED) is 0.645. The Hall–Kier alpha value is -2.96. The molecule has 0 saturated heterocycles. The van der Waals surface area contributed by atoms with Crippen LogP contribution in [0.4, 0.5) is 0 Å². The van der Waals surface area contributed by atoms with Gasteiger partial charge in [-0.15, -0.1) is 13.2 Å². The third kappa shape index (κ3) is 5.02. The molecule has 0 saturated carbocycles. The smallest absolute Gasteiger partial charge is 0.252 e. The molecule has 0 aliphatic heterocycles. The third-order valence-electron chi connectivity index (χ3n) is 3.66. The molecule has 1 aromatic carbocycles. The van der Waals surface area contributed by atoms with Crippen LogP contribution in [-0.4, -0.2) is 57.2 Å². The number of hydrogen-bond acceptors (Lipinski definition) is 5. The Bertz CT molecular complexity index is 637. The summed E-state index contributed by atoms with van der Waals surface area (Å²) in [6.07, 6.45) is 3.24. The molecule has 7 nitrogen and oxygen atoms in total. The van der Waals surface area contributed by atoms with Gasteiger partial charge in [0.1, 0.15) is 6.04 Å². The van der Waals surface area contributed by atoms with Gasteiger partial charge in [0.05, 0.1) is 21.3 Å². The molecule has 1 N–H and O–H groups in total. The average molecular weight is 362 g/mol. The number of hydrogen-bond donors (Lipinski definition) is 1. The molecule has 142 valence electrons. The lowest BCUT2D eigenvalue weighted by Gasteiger charge is -2.24. The first-order chi connectivity index (χ1) is 12.4. The van der Waals surface area contributed by atoms with Crippen LogP contribution in [0.15, 0.2) is 37.4 Å². The zero-order valence-electron chi connectivity index (χ0n) is 15.7. The van der Waals surface area contributed by atoms with E-state index in [4.69, 9.17) is 14.2 Å². The molecule has 0 bridgehead atoms. The van der Waals surface area contributed by atoms with Crippen molar-refractivity contribution >= 4 is 11.8 Å². The minimum Gasteiger partial charge on any atom is -0.493 e. The number of ether oxygens (including phenoxy) is 3. The second-order valence-electron chi connectivity index (χ2n) is 5.43. The number of amides is 2. The lowest BCUT2D eigenvalue weighted by Crippen LogP contribution is -2.47. The number of nitrogens with zero attached hydrogens (tertiary/aromatic N) is 1. The van der Waals surface area contributed by atoms with Gasteiger partial charge in [0.25, 0.3) is 5.91 Å². The zero-order chi connectivity index (χ0) is 19.7. The van der Waals surface area contributed by atoms with E-state index in [9.17, 15) is 9.59 Å². The zero-order valence-corrected chi connectivity index (χ0v) is 15.7. The van der Waals surface area contributed by atoms with E-state index >= 15 is 0 Å². The van der Waals surface area contributed by atoms with Crippen LogP contribution in [0.25, 0.3) is 0 Å². The van der Waals surface area contributed by atoms with Gasteiger partial charge in [0.2, 0.25) is 11.7 Å². The summed E-state index contributed by atoms with van der Waals surface area (Å²) < 4.78 is 15.7. The van der Waals surface area contributed by atoms with Gasteiger partial charge in [-0.3, -0.25) is 9.59 Å². The fourth-order valence-electron chi connectivity index (χ4n) is 2.39. The van der Waals surface area contributed by atoms with E-state index in [2.05, 4.69) is 18.5 Å². The molecule has 0 aliphatic carbocycles. The summed E-state index contributed by atoms with van der Waals surface area (Å²) in [5, 5.41) is 2.68. The predicted molar refractivity (Wildman–Crippen MR) is 100 cm³/mol. The largest absolute Gasteiger partial charge is 0.493 e. The maximum atomic E-state index is 12.6. The second-order valence-corrected chi connectivity index (χ2v) is 5.43. The van der Waals surface area contributed by atoms with Crippen molar-refractivity contribution < 1.29 is 23.8 Å². The van der Waals surface area contributed by atoms with Crippen molar-refractivity contribution in [2.24, 2.45) is 0 Å². The van der Waals surface area contributed by atoms with E-state index in [0.29, 0.717) is 30.3 Å². The highest BCUT2D eigenvalue weighted by atomic mass is 16.5. The van der Waals surface area contributed by atoms with E-state index < -0.39 is 11.9 Å². The molecule has 0 radical (unpaired) electrons. The molecule has 7 heteroatoms. The number of methoxy groups -OCH3 is 3. The van der Waals surface area contributed by atoms with Gasteiger partial charge < -0.3 is 24.4 Å². The summed E-state index contributed by atoms with van der Waals surface area (Å²) in [7, 11) is 4.41. The Morgan fingerprint density at radius 3 is 1.96 bits per heavy atom. The molecule has 1 unspecified atom stereocenters. The van der Waals surface area contributed by atoms with Gasteiger partial charge in [-0.1, -0.05) is 12.2 Å². The fourth-order valence-corrected chi connectivity index (χ4v) is 2.39. The van der Waals surface area contributed by atoms with E-state index in [-0.39, 0.29) is 11.5 Å². The first-order valence-electron chi connectivity index (χ1n) is 8.04. The summed E-state index contributed by atoms with van der Waals surface area (Å²) in [5.74, 6) is 0.443. The van der Waals surface area contributed by atoms with Gasteiger partial charge in [0.15, 0.2) is 11.5 Å². The van der Waals surface area contributed by atoms with Crippen LogP contribution >= 0.6 is 0 Å². The monoisotopic (exact) mass is 362 g/mol. The van der Waals surface area contributed by atoms with Gasteiger partial charge >= 0.3 is 0 Å². The average Bonchev–Trinajstić information content (AvgIpc) is 2.65. The van der Waals surface area contributed by atoms with Crippen molar-refractivity contribution in [1.29, 1.82) is 0 Å². The second kappa shape index (κ2) is 10.1. The molecule has 2 amide bonds. The summed E-state index contributed by atoms with van der Waals surface area (Å²) in [4.78, 5) is 26.6. The van der Waals surface area contributed by atoms with Crippen molar-refractivity contribution in [3.05, 3.63) is 43.0 Å². The standard InChI is InChI=1S/C19H26N2O5/c1-7-9-21(10-8-2)19(23)13(3)20-18(22)14-11-15(24-4)17(26-6)16(12-14)25-5/h7-8,11-13H,1-2,9-10H2,3-6H3,(H,20,22). The lowest BCUT2D eigenvalue weighted by molar-refractivity contribution is -0.131. The molecule has 0 fully saturated rings. The summed E-state index contributed by atoms with van der Waals surface area (Å²) in [6, 6.07) is 2.33. The molecular formula is C19H26N2O5. The minimum atomic E-state index is -0.721. The first kappa shape index (κ1) is 21.1. The van der Waals surface area contributed by atoms with Crippen LogP contribution in [-0.2, 0) is 4.79 Å². The van der Waals surface area contributed by atoms with Crippen molar-refractivity contribution in [2.75, 3.05) is 34.4 Å². The predicted octanol–water partition coefficient (Wildman–Crippen LogP) is 2.03. The van der Waals surface area contributed by atoms with Crippen LogP contribution in [0, 0.1) is 0 Å². The maximum Gasteiger partial charge on any atom is 0.252 e. The van der Waals surface area contributed by atoms with Gasteiger partial charge in [-0.2, -0.15) is 0 Å². The minimum absolute atomic E-state index is 0.231. The van der Waals surface area contributed by atoms with E-state index in [0.717, 1.165) is 0 Å². The van der Waals surface area contributed by atoms with Crippen molar-refractivity contribution in [1.82, 2.24) is 10.2 Å². The Balaban J connectivity index is 3.00. The molecule has 1 aromatic rings. The molecule has 0 heterocycles. The highest BCUT2D eigenvalue weighted by molar-refractivity contribution is 5.98. The summed E-state index contributed by atoms with van der Waals surface area (Å²) >= 11 is 0. The highest BCUT2D eigenvalue weighted by Gasteiger charge is 2.23. The van der Waals surface area contributed by atoms with Gasteiger partial charge in [-0.25, -0.2) is 0 Å². The number of carbonyl (C=O) groups excluding carboxylic acids is 2. The van der Waals surface area contributed by atoms with Crippen molar-refractivity contribution in [3.8, 4) is 17.2 Å². The summed E-state index contributed by atoms with van der Waals surface area (Å²) in [5.41, 5.74) is 0.290. The SMILES string of the molecule is C=CCN(CC=C)C(=O)C(C)NC(=O)c1cc(OC)c(OC)c(OC)c1. The molecular weight excluding hydrogens is 336 g/mol. The number of benzene rings is 1. The van der Waals surface area contributed by atoms with Crippen LogP contribution < -0.4 is 19.5 Å². The molecule has 1 rings (SSSR count). The molecule has 1 atom stereocenters. The molecule has 0 aliphatic rings. The number of nitrogens with one attached hydrogen (secondary N) is 1. The van der Waals surface area contributed by atoms with Crippen LogP contribution in [0.3, 0.4) is 0 Å². The normalized spacial score (nSPS) is 11.1. The Kier molecular flexibility index (Phi) is 8.21. The Morgan fingerprint density at radius 2 is 1.58 bits per heavy atom. The van der Waals surface area contributed by atoms with E-state index in [1.807, 2.05) is 0 Å². The van der Waals surface area contributed by atoms with E-state index in [1.165, 1.54) is 33.5 Å². The van der Waals surface area contributed by atoms with Gasteiger partial charge in [0, 0.05) is 18.7 Å².